The first kappa shape index (κ1) is 15.0. The van der Waals surface area contributed by atoms with Crippen molar-refractivity contribution in [3.05, 3.63) is 57.0 Å². The summed E-state index contributed by atoms with van der Waals surface area (Å²) in [6, 6.07) is 5.79. The predicted octanol–water partition coefficient (Wildman–Crippen LogP) is 2.67. The van der Waals surface area contributed by atoms with E-state index in [1.165, 1.54) is 4.68 Å². The Hall–Kier alpha value is -2.43. The number of benzene rings is 1. The van der Waals surface area contributed by atoms with E-state index >= 15 is 0 Å². The fourth-order valence-corrected chi connectivity index (χ4v) is 2.25. The largest absolute Gasteiger partial charge is 0.476 e. The number of carboxylic acids is 1. The molecule has 2 rings (SSSR count). The molecule has 0 aliphatic carbocycles. The summed E-state index contributed by atoms with van der Waals surface area (Å²) in [6.07, 6.45) is 1.62. The van der Waals surface area contributed by atoms with Crippen LogP contribution >= 0.6 is 0 Å². The van der Waals surface area contributed by atoms with Crippen molar-refractivity contribution in [2.45, 2.75) is 33.6 Å². The molecule has 1 aromatic heterocycles. The Labute approximate surface area is 122 Å². The number of nitrogens with zero attached hydrogens (tertiary/aromatic N) is 2. The van der Waals surface area contributed by atoms with Gasteiger partial charge in [-0.3, -0.25) is 4.79 Å². The molecule has 21 heavy (non-hydrogen) atoms. The first-order valence-electron chi connectivity index (χ1n) is 6.76. The molecule has 0 radical (unpaired) electrons. The third-order valence-corrected chi connectivity index (χ3v) is 3.37. The standard InChI is InChI=1S/C16H18N2O3/c1-9(2)12-8-18(17-14(15(12)19)16(20)21)13-6-5-10(3)7-11(13)4/h5-9H,1-4H3,(H,20,21). The Kier molecular flexibility index (Phi) is 3.93. The van der Waals surface area contributed by atoms with Gasteiger partial charge in [-0.2, -0.15) is 5.10 Å². The Morgan fingerprint density at radius 1 is 1.29 bits per heavy atom. The molecule has 5 heteroatoms. The monoisotopic (exact) mass is 286 g/mol. The highest BCUT2D eigenvalue weighted by atomic mass is 16.4. The number of rotatable bonds is 3. The molecule has 0 atom stereocenters. The van der Waals surface area contributed by atoms with Crippen LogP contribution in [0.4, 0.5) is 0 Å². The van der Waals surface area contributed by atoms with Crippen LogP contribution < -0.4 is 5.43 Å². The highest BCUT2D eigenvalue weighted by Crippen LogP contribution is 2.17. The van der Waals surface area contributed by atoms with E-state index in [1.54, 1.807) is 6.20 Å². The van der Waals surface area contributed by atoms with Gasteiger partial charge < -0.3 is 5.11 Å². The molecular formula is C16H18N2O3. The third kappa shape index (κ3) is 2.86. The zero-order chi connectivity index (χ0) is 15.7. The Morgan fingerprint density at radius 3 is 2.48 bits per heavy atom. The molecular weight excluding hydrogens is 268 g/mol. The topological polar surface area (TPSA) is 72.2 Å². The predicted molar refractivity (Wildman–Crippen MR) is 80.4 cm³/mol. The van der Waals surface area contributed by atoms with Crippen LogP contribution in [0.15, 0.2) is 29.2 Å². The van der Waals surface area contributed by atoms with E-state index < -0.39 is 17.1 Å². The second-order valence-electron chi connectivity index (χ2n) is 5.46. The SMILES string of the molecule is Cc1ccc(-n2cc(C(C)C)c(=O)c(C(=O)O)n2)c(C)c1. The summed E-state index contributed by atoms with van der Waals surface area (Å²) in [5, 5.41) is 13.2. The molecule has 0 aliphatic heterocycles. The lowest BCUT2D eigenvalue weighted by molar-refractivity contribution is 0.0686. The van der Waals surface area contributed by atoms with Crippen molar-refractivity contribution in [1.82, 2.24) is 9.78 Å². The minimum absolute atomic E-state index is 0.0735. The van der Waals surface area contributed by atoms with Crippen molar-refractivity contribution in [2.24, 2.45) is 0 Å². The van der Waals surface area contributed by atoms with Crippen molar-refractivity contribution in [3.8, 4) is 5.69 Å². The Bertz CT molecular complexity index is 761. The normalized spacial score (nSPS) is 10.9. The van der Waals surface area contributed by atoms with Crippen LogP contribution in [-0.2, 0) is 0 Å². The van der Waals surface area contributed by atoms with Gasteiger partial charge in [-0.05, 0) is 31.4 Å². The molecule has 0 aliphatic rings. The summed E-state index contributed by atoms with van der Waals surface area (Å²) in [5.41, 5.74) is 2.34. The van der Waals surface area contributed by atoms with Crippen molar-refractivity contribution in [3.63, 3.8) is 0 Å². The van der Waals surface area contributed by atoms with Gasteiger partial charge in [0.2, 0.25) is 11.1 Å². The Morgan fingerprint density at radius 2 is 1.95 bits per heavy atom. The number of hydrogen-bond donors (Lipinski definition) is 1. The molecule has 0 saturated heterocycles. The Balaban J connectivity index is 2.75. The summed E-state index contributed by atoms with van der Waals surface area (Å²) in [5.74, 6) is -1.38. The molecule has 0 bridgehead atoms. The number of carbonyl (C=O) groups is 1. The smallest absolute Gasteiger partial charge is 0.360 e. The van der Waals surface area contributed by atoms with Crippen molar-refractivity contribution in [2.75, 3.05) is 0 Å². The van der Waals surface area contributed by atoms with E-state index in [2.05, 4.69) is 5.10 Å². The van der Waals surface area contributed by atoms with Gasteiger partial charge in [-0.1, -0.05) is 31.5 Å². The lowest BCUT2D eigenvalue weighted by Crippen LogP contribution is -2.25. The summed E-state index contributed by atoms with van der Waals surface area (Å²) in [7, 11) is 0. The van der Waals surface area contributed by atoms with Gasteiger partial charge >= 0.3 is 5.97 Å². The average Bonchev–Trinajstić information content (AvgIpc) is 2.38. The maximum absolute atomic E-state index is 12.1. The maximum Gasteiger partial charge on any atom is 0.360 e. The molecule has 1 N–H and O–H groups in total. The van der Waals surface area contributed by atoms with Crippen molar-refractivity contribution < 1.29 is 9.90 Å². The van der Waals surface area contributed by atoms with Crippen LogP contribution in [0.1, 0.15) is 46.9 Å². The van der Waals surface area contributed by atoms with Gasteiger partial charge in [-0.25, -0.2) is 9.48 Å². The second kappa shape index (κ2) is 5.52. The molecule has 5 nitrogen and oxygen atoms in total. The molecule has 2 aromatic rings. The first-order valence-corrected chi connectivity index (χ1v) is 6.76. The van der Waals surface area contributed by atoms with E-state index in [0.717, 1.165) is 16.8 Å². The molecule has 0 saturated carbocycles. The minimum Gasteiger partial charge on any atom is -0.476 e. The van der Waals surface area contributed by atoms with E-state index in [9.17, 15) is 14.7 Å². The highest BCUT2D eigenvalue weighted by molar-refractivity contribution is 5.85. The second-order valence-corrected chi connectivity index (χ2v) is 5.46. The van der Waals surface area contributed by atoms with Crippen LogP contribution in [0, 0.1) is 13.8 Å². The van der Waals surface area contributed by atoms with Crippen LogP contribution in [0.2, 0.25) is 0 Å². The lowest BCUT2D eigenvalue weighted by atomic mass is 10.0. The summed E-state index contributed by atoms with van der Waals surface area (Å²) in [6.45, 7) is 7.62. The minimum atomic E-state index is -1.30. The summed E-state index contributed by atoms with van der Waals surface area (Å²) >= 11 is 0. The zero-order valence-corrected chi connectivity index (χ0v) is 12.5. The molecule has 0 fully saturated rings. The van der Waals surface area contributed by atoms with Gasteiger partial charge in [0, 0.05) is 11.8 Å². The number of aryl methyl sites for hydroxylation is 2. The quantitative estimate of drug-likeness (QED) is 0.941. The molecule has 110 valence electrons. The fourth-order valence-electron chi connectivity index (χ4n) is 2.25. The summed E-state index contributed by atoms with van der Waals surface area (Å²) < 4.78 is 1.48. The van der Waals surface area contributed by atoms with E-state index in [0.29, 0.717) is 5.56 Å². The average molecular weight is 286 g/mol. The van der Waals surface area contributed by atoms with Gasteiger partial charge in [0.25, 0.3) is 0 Å². The van der Waals surface area contributed by atoms with Gasteiger partial charge in [0.15, 0.2) is 0 Å². The number of aromatic carboxylic acids is 1. The van der Waals surface area contributed by atoms with Gasteiger partial charge in [-0.15, -0.1) is 0 Å². The van der Waals surface area contributed by atoms with Gasteiger partial charge in [0.05, 0.1) is 5.69 Å². The molecule has 0 amide bonds. The van der Waals surface area contributed by atoms with E-state index in [-0.39, 0.29) is 5.92 Å². The molecule has 1 heterocycles. The van der Waals surface area contributed by atoms with E-state index in [4.69, 9.17) is 0 Å². The lowest BCUT2D eigenvalue weighted by Gasteiger charge is -2.13. The van der Waals surface area contributed by atoms with Gasteiger partial charge in [0.1, 0.15) is 0 Å². The first-order chi connectivity index (χ1) is 9.81. The van der Waals surface area contributed by atoms with Crippen LogP contribution in [0.5, 0.6) is 0 Å². The van der Waals surface area contributed by atoms with Crippen molar-refractivity contribution in [1.29, 1.82) is 0 Å². The molecule has 1 aromatic carbocycles. The van der Waals surface area contributed by atoms with Crippen LogP contribution in [0.3, 0.4) is 0 Å². The number of aromatic nitrogens is 2. The van der Waals surface area contributed by atoms with Crippen LogP contribution in [0.25, 0.3) is 5.69 Å². The zero-order valence-electron chi connectivity index (χ0n) is 12.5. The third-order valence-electron chi connectivity index (χ3n) is 3.37. The van der Waals surface area contributed by atoms with E-state index in [1.807, 2.05) is 45.9 Å². The van der Waals surface area contributed by atoms with Crippen LogP contribution in [-0.4, -0.2) is 20.9 Å². The number of hydrogen-bond acceptors (Lipinski definition) is 3. The maximum atomic E-state index is 12.1. The molecule has 0 unspecified atom stereocenters. The fraction of sp³-hybridized carbons (Fsp3) is 0.312. The van der Waals surface area contributed by atoms with Crippen molar-refractivity contribution >= 4 is 5.97 Å². The summed E-state index contributed by atoms with van der Waals surface area (Å²) in [4.78, 5) is 23.4. The highest BCUT2D eigenvalue weighted by Gasteiger charge is 2.18. The molecule has 0 spiro atoms. The number of carboxylic acid groups (broad SMARTS) is 1.